The number of nitrogens with zero attached hydrogens (tertiary/aromatic N) is 1. The van der Waals surface area contributed by atoms with Crippen LogP contribution in [0, 0.1) is 13.8 Å². The molecule has 0 atom stereocenters. The van der Waals surface area contributed by atoms with Crippen molar-refractivity contribution in [2.45, 2.75) is 33.2 Å². The lowest BCUT2D eigenvalue weighted by Gasteiger charge is -2.18. The first-order valence-corrected chi connectivity index (χ1v) is 7.88. The topological polar surface area (TPSA) is 15.3 Å². The molecule has 3 rings (SSSR count). The van der Waals surface area contributed by atoms with Crippen molar-refractivity contribution in [3.63, 3.8) is 0 Å². The highest BCUT2D eigenvalue weighted by Crippen LogP contribution is 2.22. The molecule has 0 radical (unpaired) electrons. The number of hydrogen-bond donors (Lipinski definition) is 1. The Bertz CT molecular complexity index is 595. The summed E-state index contributed by atoms with van der Waals surface area (Å²) in [6.45, 7) is 7.66. The van der Waals surface area contributed by atoms with Gasteiger partial charge in [-0.3, -0.25) is 0 Å². The Morgan fingerprint density at radius 2 is 1.67 bits per heavy atom. The number of aryl methyl sites for hydroxylation is 1. The molecule has 0 spiro atoms. The molecule has 0 bridgehead atoms. The van der Waals surface area contributed by atoms with Gasteiger partial charge in [-0.05, 0) is 67.6 Å². The van der Waals surface area contributed by atoms with Crippen LogP contribution in [0.5, 0.6) is 0 Å². The standard InChI is InChI=1S/C19H24N2/c1-15-6-5-7-17(16(15)2)14-20-18-8-10-19(11-9-18)21-12-3-4-13-21/h5-11,20H,3-4,12-14H2,1-2H3. The maximum absolute atomic E-state index is 3.53. The molecule has 1 fully saturated rings. The highest BCUT2D eigenvalue weighted by molar-refractivity contribution is 5.55. The number of rotatable bonds is 4. The number of anilines is 2. The van der Waals surface area contributed by atoms with Gasteiger partial charge >= 0.3 is 0 Å². The van der Waals surface area contributed by atoms with E-state index in [2.05, 4.69) is 66.5 Å². The molecule has 1 saturated heterocycles. The Morgan fingerprint density at radius 3 is 2.38 bits per heavy atom. The number of nitrogens with one attached hydrogen (secondary N) is 1. The third-order valence-corrected chi connectivity index (χ3v) is 4.54. The molecule has 110 valence electrons. The van der Waals surface area contributed by atoms with Gasteiger partial charge in [0.2, 0.25) is 0 Å². The van der Waals surface area contributed by atoms with Crippen LogP contribution in [0.15, 0.2) is 42.5 Å². The average Bonchev–Trinajstić information content (AvgIpc) is 3.04. The van der Waals surface area contributed by atoms with Crippen molar-refractivity contribution < 1.29 is 0 Å². The molecule has 2 aromatic carbocycles. The van der Waals surface area contributed by atoms with E-state index < -0.39 is 0 Å². The highest BCUT2D eigenvalue weighted by atomic mass is 15.1. The zero-order chi connectivity index (χ0) is 14.7. The molecule has 2 nitrogen and oxygen atoms in total. The summed E-state index contributed by atoms with van der Waals surface area (Å²) in [7, 11) is 0. The van der Waals surface area contributed by atoms with Crippen molar-refractivity contribution in [3.05, 3.63) is 59.2 Å². The van der Waals surface area contributed by atoms with E-state index in [0.29, 0.717) is 0 Å². The van der Waals surface area contributed by atoms with Crippen LogP contribution in [-0.2, 0) is 6.54 Å². The maximum atomic E-state index is 3.53. The van der Waals surface area contributed by atoms with Crippen molar-refractivity contribution in [1.82, 2.24) is 0 Å². The first-order chi connectivity index (χ1) is 10.2. The van der Waals surface area contributed by atoms with Gasteiger partial charge in [-0.1, -0.05) is 18.2 Å². The third-order valence-electron chi connectivity index (χ3n) is 4.54. The molecular weight excluding hydrogens is 256 g/mol. The summed E-state index contributed by atoms with van der Waals surface area (Å²) in [5, 5.41) is 3.53. The predicted octanol–water partition coefficient (Wildman–Crippen LogP) is 4.52. The summed E-state index contributed by atoms with van der Waals surface area (Å²) >= 11 is 0. The van der Waals surface area contributed by atoms with Gasteiger partial charge in [-0.2, -0.15) is 0 Å². The third kappa shape index (κ3) is 3.21. The zero-order valence-corrected chi connectivity index (χ0v) is 13.0. The summed E-state index contributed by atoms with van der Waals surface area (Å²) in [6, 6.07) is 15.4. The van der Waals surface area contributed by atoms with E-state index >= 15 is 0 Å². The van der Waals surface area contributed by atoms with E-state index in [-0.39, 0.29) is 0 Å². The zero-order valence-electron chi connectivity index (χ0n) is 13.0. The first-order valence-electron chi connectivity index (χ1n) is 7.88. The Morgan fingerprint density at radius 1 is 0.952 bits per heavy atom. The molecule has 0 unspecified atom stereocenters. The Labute approximate surface area is 127 Å². The normalized spacial score (nSPS) is 14.5. The van der Waals surface area contributed by atoms with E-state index in [9.17, 15) is 0 Å². The predicted molar refractivity (Wildman–Crippen MR) is 91.1 cm³/mol. The second kappa shape index (κ2) is 6.21. The quantitative estimate of drug-likeness (QED) is 0.886. The minimum absolute atomic E-state index is 0.885. The first kappa shape index (κ1) is 14.0. The van der Waals surface area contributed by atoms with Gasteiger partial charge in [-0.25, -0.2) is 0 Å². The van der Waals surface area contributed by atoms with Crippen LogP contribution in [0.25, 0.3) is 0 Å². The molecule has 2 aromatic rings. The van der Waals surface area contributed by atoms with Crippen LogP contribution in [0.1, 0.15) is 29.5 Å². The van der Waals surface area contributed by atoms with Crippen molar-refractivity contribution in [3.8, 4) is 0 Å². The van der Waals surface area contributed by atoms with Gasteiger partial charge in [0.25, 0.3) is 0 Å². The SMILES string of the molecule is Cc1cccc(CNc2ccc(N3CCCC3)cc2)c1C. The number of hydrogen-bond acceptors (Lipinski definition) is 2. The van der Waals surface area contributed by atoms with Gasteiger partial charge in [0.1, 0.15) is 0 Å². The summed E-state index contributed by atoms with van der Waals surface area (Å²) in [4.78, 5) is 2.47. The van der Waals surface area contributed by atoms with Gasteiger partial charge in [0, 0.05) is 31.0 Å². The van der Waals surface area contributed by atoms with E-state index in [1.165, 1.54) is 54.0 Å². The van der Waals surface area contributed by atoms with Crippen molar-refractivity contribution >= 4 is 11.4 Å². The van der Waals surface area contributed by atoms with Crippen molar-refractivity contribution in [1.29, 1.82) is 0 Å². The van der Waals surface area contributed by atoms with Crippen molar-refractivity contribution in [2.24, 2.45) is 0 Å². The Kier molecular flexibility index (Phi) is 4.14. The van der Waals surface area contributed by atoms with E-state index in [1.54, 1.807) is 0 Å². The fourth-order valence-corrected chi connectivity index (χ4v) is 2.97. The fraction of sp³-hybridized carbons (Fsp3) is 0.368. The van der Waals surface area contributed by atoms with Crippen LogP contribution in [-0.4, -0.2) is 13.1 Å². The van der Waals surface area contributed by atoms with E-state index in [1.807, 2.05) is 0 Å². The smallest absolute Gasteiger partial charge is 0.0403 e. The average molecular weight is 280 g/mol. The highest BCUT2D eigenvalue weighted by Gasteiger charge is 2.11. The molecule has 0 aliphatic carbocycles. The number of benzene rings is 2. The molecule has 1 heterocycles. The largest absolute Gasteiger partial charge is 0.381 e. The van der Waals surface area contributed by atoms with Gasteiger partial charge in [-0.15, -0.1) is 0 Å². The van der Waals surface area contributed by atoms with Crippen LogP contribution in [0.3, 0.4) is 0 Å². The summed E-state index contributed by atoms with van der Waals surface area (Å²) in [5.41, 5.74) is 6.67. The van der Waals surface area contributed by atoms with Gasteiger partial charge in [0.05, 0.1) is 0 Å². The Balaban J connectivity index is 1.64. The lowest BCUT2D eigenvalue weighted by atomic mass is 10.0. The summed E-state index contributed by atoms with van der Waals surface area (Å²) in [6.07, 6.45) is 2.65. The molecule has 2 heteroatoms. The Hall–Kier alpha value is -1.96. The van der Waals surface area contributed by atoms with Gasteiger partial charge in [0.15, 0.2) is 0 Å². The molecular formula is C19H24N2. The van der Waals surface area contributed by atoms with Gasteiger partial charge < -0.3 is 10.2 Å². The van der Waals surface area contributed by atoms with Crippen LogP contribution < -0.4 is 10.2 Å². The second-order valence-electron chi connectivity index (χ2n) is 5.95. The molecule has 0 aromatic heterocycles. The summed E-state index contributed by atoms with van der Waals surface area (Å²) in [5.74, 6) is 0. The fourth-order valence-electron chi connectivity index (χ4n) is 2.97. The van der Waals surface area contributed by atoms with Crippen LogP contribution in [0.4, 0.5) is 11.4 Å². The van der Waals surface area contributed by atoms with Crippen LogP contribution >= 0.6 is 0 Å². The van der Waals surface area contributed by atoms with Crippen molar-refractivity contribution in [2.75, 3.05) is 23.3 Å². The monoisotopic (exact) mass is 280 g/mol. The molecule has 1 aliphatic rings. The minimum atomic E-state index is 0.885. The second-order valence-corrected chi connectivity index (χ2v) is 5.95. The molecule has 0 saturated carbocycles. The molecule has 1 N–H and O–H groups in total. The minimum Gasteiger partial charge on any atom is -0.381 e. The van der Waals surface area contributed by atoms with E-state index in [0.717, 1.165) is 6.54 Å². The van der Waals surface area contributed by atoms with Crippen LogP contribution in [0.2, 0.25) is 0 Å². The van der Waals surface area contributed by atoms with E-state index in [4.69, 9.17) is 0 Å². The lowest BCUT2D eigenvalue weighted by molar-refractivity contribution is 0.949. The maximum Gasteiger partial charge on any atom is 0.0403 e. The molecule has 21 heavy (non-hydrogen) atoms. The molecule has 1 aliphatic heterocycles. The summed E-state index contributed by atoms with van der Waals surface area (Å²) < 4.78 is 0. The molecule has 0 amide bonds. The lowest BCUT2D eigenvalue weighted by Crippen LogP contribution is -2.17.